The molecule has 0 radical (unpaired) electrons. The van der Waals surface area contributed by atoms with Crippen LogP contribution in [0.4, 0.5) is 5.69 Å². The van der Waals surface area contributed by atoms with Crippen LogP contribution in [-0.2, 0) is 4.79 Å². The van der Waals surface area contributed by atoms with Crippen LogP contribution in [0.25, 0.3) is 17.1 Å². The molecule has 1 heterocycles. The van der Waals surface area contributed by atoms with Crippen LogP contribution in [0.2, 0.25) is 5.02 Å². The van der Waals surface area contributed by atoms with Gasteiger partial charge < -0.3 is 5.32 Å². The van der Waals surface area contributed by atoms with E-state index in [1.807, 2.05) is 30.3 Å². The zero-order valence-corrected chi connectivity index (χ0v) is 13.2. The highest BCUT2D eigenvalue weighted by atomic mass is 35.5. The molecule has 0 atom stereocenters. The summed E-state index contributed by atoms with van der Waals surface area (Å²) in [6.07, 6.45) is 2.93. The third-order valence-corrected chi connectivity index (χ3v) is 3.48. The molecule has 1 amide bonds. The van der Waals surface area contributed by atoms with Gasteiger partial charge in [-0.15, -0.1) is 0 Å². The van der Waals surface area contributed by atoms with Crippen molar-refractivity contribution < 1.29 is 4.79 Å². The van der Waals surface area contributed by atoms with Crippen LogP contribution in [0.5, 0.6) is 0 Å². The first-order valence-electron chi connectivity index (χ1n) is 7.06. The van der Waals surface area contributed by atoms with Gasteiger partial charge in [0, 0.05) is 10.7 Å². The second-order valence-corrected chi connectivity index (χ2v) is 5.35. The van der Waals surface area contributed by atoms with Gasteiger partial charge in [-0.2, -0.15) is 5.26 Å². The number of aromatic nitrogens is 2. The molecule has 3 aromatic rings. The molecule has 6 heteroatoms. The SMILES string of the molecule is N#C/C(=C\c1cnc2ccccc2n1)C(=O)Nc1ccc(Cl)cc1. The fourth-order valence-electron chi connectivity index (χ4n) is 2.07. The number of hydrogen-bond acceptors (Lipinski definition) is 4. The third kappa shape index (κ3) is 3.57. The zero-order chi connectivity index (χ0) is 16.9. The van der Waals surface area contributed by atoms with Gasteiger partial charge in [0.05, 0.1) is 22.9 Å². The predicted octanol–water partition coefficient (Wildman–Crippen LogP) is 3.83. The van der Waals surface area contributed by atoms with E-state index in [1.165, 1.54) is 12.3 Å². The maximum absolute atomic E-state index is 12.2. The number of nitriles is 1. The standard InChI is InChI=1S/C18H11ClN4O/c19-13-5-7-14(8-6-13)23-18(24)12(10-20)9-15-11-21-16-3-1-2-4-17(16)22-15/h1-9,11H,(H,23,24)/b12-9+. The molecule has 0 unspecified atom stereocenters. The average molecular weight is 335 g/mol. The van der Waals surface area contributed by atoms with E-state index in [1.54, 1.807) is 24.3 Å². The maximum Gasteiger partial charge on any atom is 0.266 e. The minimum Gasteiger partial charge on any atom is -0.321 e. The monoisotopic (exact) mass is 334 g/mol. The van der Waals surface area contributed by atoms with Crippen LogP contribution in [0.15, 0.2) is 60.3 Å². The molecule has 1 N–H and O–H groups in total. The van der Waals surface area contributed by atoms with Crippen LogP contribution >= 0.6 is 11.6 Å². The molecular weight excluding hydrogens is 324 g/mol. The van der Waals surface area contributed by atoms with E-state index in [0.717, 1.165) is 5.52 Å². The van der Waals surface area contributed by atoms with Gasteiger partial charge in [0.2, 0.25) is 0 Å². The van der Waals surface area contributed by atoms with Gasteiger partial charge in [0.25, 0.3) is 5.91 Å². The van der Waals surface area contributed by atoms with Gasteiger partial charge in [0.15, 0.2) is 0 Å². The zero-order valence-electron chi connectivity index (χ0n) is 12.4. The summed E-state index contributed by atoms with van der Waals surface area (Å²) >= 11 is 5.80. The number of nitrogens with zero attached hydrogens (tertiary/aromatic N) is 3. The Balaban J connectivity index is 1.86. The van der Waals surface area contributed by atoms with Crippen LogP contribution in [0.1, 0.15) is 5.69 Å². The number of nitrogens with one attached hydrogen (secondary N) is 1. The van der Waals surface area contributed by atoms with E-state index < -0.39 is 5.91 Å². The topological polar surface area (TPSA) is 78.7 Å². The number of carbonyl (C=O) groups is 1. The van der Waals surface area contributed by atoms with Gasteiger partial charge in [-0.25, -0.2) is 4.98 Å². The van der Waals surface area contributed by atoms with E-state index >= 15 is 0 Å². The highest BCUT2D eigenvalue weighted by Gasteiger charge is 2.10. The van der Waals surface area contributed by atoms with E-state index in [4.69, 9.17) is 11.6 Å². The van der Waals surface area contributed by atoms with Crippen molar-refractivity contribution in [2.24, 2.45) is 0 Å². The number of anilines is 1. The number of amides is 1. The normalized spacial score (nSPS) is 11.1. The number of benzene rings is 2. The first kappa shape index (κ1) is 15.7. The summed E-state index contributed by atoms with van der Waals surface area (Å²) in [4.78, 5) is 20.8. The fraction of sp³-hybridized carbons (Fsp3) is 0. The number of rotatable bonds is 3. The molecule has 0 aliphatic heterocycles. The summed E-state index contributed by atoms with van der Waals surface area (Å²) in [5, 5.41) is 12.5. The van der Waals surface area contributed by atoms with Crippen LogP contribution in [-0.4, -0.2) is 15.9 Å². The molecule has 3 rings (SSSR count). The van der Waals surface area contributed by atoms with Crippen LogP contribution in [0.3, 0.4) is 0 Å². The summed E-state index contributed by atoms with van der Waals surface area (Å²) in [5.74, 6) is -0.519. The summed E-state index contributed by atoms with van der Waals surface area (Å²) in [5.41, 5.74) is 2.38. The van der Waals surface area contributed by atoms with Crippen molar-refractivity contribution in [2.45, 2.75) is 0 Å². The molecule has 0 aliphatic rings. The molecule has 24 heavy (non-hydrogen) atoms. The minimum atomic E-state index is -0.519. The summed E-state index contributed by atoms with van der Waals surface area (Å²) in [6, 6.07) is 15.9. The predicted molar refractivity (Wildman–Crippen MR) is 93.2 cm³/mol. The number of carbonyl (C=O) groups excluding carboxylic acids is 1. The lowest BCUT2D eigenvalue weighted by atomic mass is 10.2. The lowest BCUT2D eigenvalue weighted by Crippen LogP contribution is -2.13. The van der Waals surface area contributed by atoms with Crippen molar-refractivity contribution in [3.63, 3.8) is 0 Å². The van der Waals surface area contributed by atoms with Gasteiger partial charge in [0.1, 0.15) is 11.6 Å². The quantitative estimate of drug-likeness (QED) is 0.583. The van der Waals surface area contributed by atoms with E-state index in [9.17, 15) is 10.1 Å². The van der Waals surface area contributed by atoms with Crippen LogP contribution < -0.4 is 5.32 Å². The van der Waals surface area contributed by atoms with Crippen molar-refractivity contribution in [3.05, 3.63) is 71.0 Å². The molecule has 5 nitrogen and oxygen atoms in total. The average Bonchev–Trinajstić information content (AvgIpc) is 2.61. The number of hydrogen-bond donors (Lipinski definition) is 1. The first-order valence-corrected chi connectivity index (χ1v) is 7.44. The lowest BCUT2D eigenvalue weighted by molar-refractivity contribution is -0.112. The number of para-hydroxylation sites is 2. The molecule has 0 saturated heterocycles. The van der Waals surface area contributed by atoms with Gasteiger partial charge >= 0.3 is 0 Å². The number of halogens is 1. The Morgan fingerprint density at radius 2 is 1.83 bits per heavy atom. The molecular formula is C18H11ClN4O. The molecule has 0 fully saturated rings. The van der Waals surface area contributed by atoms with Gasteiger partial charge in [-0.05, 0) is 42.5 Å². The Kier molecular flexibility index (Phi) is 4.50. The largest absolute Gasteiger partial charge is 0.321 e. The summed E-state index contributed by atoms with van der Waals surface area (Å²) in [7, 11) is 0. The molecule has 0 saturated carbocycles. The smallest absolute Gasteiger partial charge is 0.266 e. The van der Waals surface area contributed by atoms with E-state index in [2.05, 4.69) is 15.3 Å². The Morgan fingerprint density at radius 3 is 2.54 bits per heavy atom. The molecule has 1 aromatic heterocycles. The Bertz CT molecular complexity index is 974. The Labute approximate surface area is 143 Å². The minimum absolute atomic E-state index is 0.0606. The molecule has 0 bridgehead atoms. The van der Waals surface area contributed by atoms with Crippen molar-refractivity contribution in [1.82, 2.24) is 9.97 Å². The Morgan fingerprint density at radius 1 is 1.12 bits per heavy atom. The highest BCUT2D eigenvalue weighted by Crippen LogP contribution is 2.15. The van der Waals surface area contributed by atoms with Gasteiger partial charge in [-0.1, -0.05) is 23.7 Å². The second-order valence-electron chi connectivity index (χ2n) is 4.91. The number of fused-ring (bicyclic) bond motifs is 1. The summed E-state index contributed by atoms with van der Waals surface area (Å²) in [6.45, 7) is 0. The highest BCUT2D eigenvalue weighted by molar-refractivity contribution is 6.30. The first-order chi connectivity index (χ1) is 11.7. The van der Waals surface area contributed by atoms with E-state index in [-0.39, 0.29) is 5.57 Å². The molecule has 2 aromatic carbocycles. The van der Waals surface area contributed by atoms with E-state index in [0.29, 0.717) is 21.9 Å². The van der Waals surface area contributed by atoms with Gasteiger partial charge in [-0.3, -0.25) is 9.78 Å². The van der Waals surface area contributed by atoms with Crippen molar-refractivity contribution in [2.75, 3.05) is 5.32 Å². The summed E-state index contributed by atoms with van der Waals surface area (Å²) < 4.78 is 0. The lowest BCUT2D eigenvalue weighted by Gasteiger charge is -2.04. The molecule has 116 valence electrons. The Hall–Kier alpha value is -3.23. The van der Waals surface area contributed by atoms with Crippen LogP contribution in [0, 0.1) is 11.3 Å². The van der Waals surface area contributed by atoms with Crippen molar-refractivity contribution in [1.29, 1.82) is 5.26 Å². The maximum atomic E-state index is 12.2. The molecule has 0 spiro atoms. The molecule has 0 aliphatic carbocycles. The second kappa shape index (κ2) is 6.90. The fourth-order valence-corrected chi connectivity index (χ4v) is 2.20. The van der Waals surface area contributed by atoms with Crippen molar-refractivity contribution >= 4 is 40.3 Å². The van der Waals surface area contributed by atoms with Crippen molar-refractivity contribution in [3.8, 4) is 6.07 Å². The third-order valence-electron chi connectivity index (χ3n) is 3.23.